The fourth-order valence-corrected chi connectivity index (χ4v) is 1.59. The monoisotopic (exact) mass is 345 g/mol. The molecule has 0 aliphatic rings. The van der Waals surface area contributed by atoms with E-state index in [1.807, 2.05) is 0 Å². The molecule has 0 aromatic heterocycles. The minimum Gasteiger partial charge on any atom is -0.491 e. The SMILES string of the molecule is CCO/C(=C(/C#N)C(O)C#Cc1ccccc1)C(F)(F)C(F)(F)F. The fraction of sp³-hybridized carbons (Fsp3) is 0.312. The van der Waals surface area contributed by atoms with Crippen LogP contribution < -0.4 is 0 Å². The van der Waals surface area contributed by atoms with Crippen LogP contribution >= 0.6 is 0 Å². The van der Waals surface area contributed by atoms with Gasteiger partial charge in [-0.2, -0.15) is 27.2 Å². The number of alkyl halides is 5. The Morgan fingerprint density at radius 2 is 1.79 bits per heavy atom. The highest BCUT2D eigenvalue weighted by atomic mass is 19.4. The molecular formula is C16H12F5NO2. The Morgan fingerprint density at radius 3 is 2.25 bits per heavy atom. The Kier molecular flexibility index (Phi) is 6.33. The maximum Gasteiger partial charge on any atom is 0.461 e. The summed E-state index contributed by atoms with van der Waals surface area (Å²) in [5.41, 5.74) is -0.906. The first-order valence-corrected chi connectivity index (χ1v) is 6.61. The summed E-state index contributed by atoms with van der Waals surface area (Å²) in [7, 11) is 0. The minimum absolute atomic E-state index is 0.384. The summed E-state index contributed by atoms with van der Waals surface area (Å²) >= 11 is 0. The molecule has 1 rings (SSSR count). The molecule has 0 saturated heterocycles. The number of rotatable bonds is 4. The van der Waals surface area contributed by atoms with Gasteiger partial charge in [-0.1, -0.05) is 30.0 Å². The van der Waals surface area contributed by atoms with Gasteiger partial charge in [-0.15, -0.1) is 0 Å². The van der Waals surface area contributed by atoms with Gasteiger partial charge >= 0.3 is 12.1 Å². The molecule has 0 radical (unpaired) electrons. The van der Waals surface area contributed by atoms with Gasteiger partial charge in [0.2, 0.25) is 0 Å². The molecule has 24 heavy (non-hydrogen) atoms. The molecule has 0 fully saturated rings. The van der Waals surface area contributed by atoms with Crippen molar-refractivity contribution in [3.63, 3.8) is 0 Å². The molecule has 8 heteroatoms. The summed E-state index contributed by atoms with van der Waals surface area (Å²) in [5.74, 6) is -2.94. The van der Waals surface area contributed by atoms with E-state index in [4.69, 9.17) is 5.26 Å². The number of halogens is 5. The first-order chi connectivity index (χ1) is 11.1. The van der Waals surface area contributed by atoms with Crippen molar-refractivity contribution in [3.05, 3.63) is 47.2 Å². The largest absolute Gasteiger partial charge is 0.491 e. The molecular weight excluding hydrogens is 333 g/mol. The lowest BCUT2D eigenvalue weighted by Crippen LogP contribution is -2.40. The molecule has 0 saturated carbocycles. The van der Waals surface area contributed by atoms with Crippen LogP contribution in [0.4, 0.5) is 22.0 Å². The van der Waals surface area contributed by atoms with Gasteiger partial charge in [0.1, 0.15) is 11.6 Å². The number of nitrogens with zero attached hydrogens (tertiary/aromatic N) is 1. The first kappa shape index (κ1) is 19.5. The lowest BCUT2D eigenvalue weighted by molar-refractivity contribution is -0.277. The summed E-state index contributed by atoms with van der Waals surface area (Å²) in [6.07, 6.45) is -8.14. The van der Waals surface area contributed by atoms with Crippen molar-refractivity contribution >= 4 is 0 Å². The molecule has 0 amide bonds. The highest BCUT2D eigenvalue weighted by Crippen LogP contribution is 2.43. The van der Waals surface area contributed by atoms with E-state index >= 15 is 0 Å². The second-order valence-corrected chi connectivity index (χ2v) is 4.40. The standard InChI is InChI=1S/C16H12F5NO2/c1-2-24-14(15(17,18)16(19,20)21)12(10-22)13(23)9-8-11-6-4-3-5-7-11/h3-7,13,23H,2H2,1H3/b14-12-. The summed E-state index contributed by atoms with van der Waals surface area (Å²) in [6, 6.07) is 9.09. The van der Waals surface area contributed by atoms with Crippen LogP contribution in [0.2, 0.25) is 0 Å². The first-order valence-electron chi connectivity index (χ1n) is 6.61. The van der Waals surface area contributed by atoms with Gasteiger partial charge in [0.15, 0.2) is 11.9 Å². The van der Waals surface area contributed by atoms with E-state index < -0.39 is 36.1 Å². The summed E-state index contributed by atoms with van der Waals surface area (Å²) in [4.78, 5) is 0. The lowest BCUT2D eigenvalue weighted by Gasteiger charge is -2.23. The summed E-state index contributed by atoms with van der Waals surface area (Å²) in [6.45, 7) is 0.620. The molecule has 0 bridgehead atoms. The maximum absolute atomic E-state index is 13.5. The molecule has 0 aliphatic heterocycles. The van der Waals surface area contributed by atoms with Gasteiger partial charge < -0.3 is 9.84 Å². The molecule has 0 heterocycles. The molecule has 0 spiro atoms. The minimum atomic E-state index is -5.98. The van der Waals surface area contributed by atoms with Gasteiger partial charge in [-0.05, 0) is 19.1 Å². The second-order valence-electron chi connectivity index (χ2n) is 4.40. The Bertz CT molecular complexity index is 693. The van der Waals surface area contributed by atoms with Gasteiger partial charge in [0.05, 0.1) is 6.61 Å². The van der Waals surface area contributed by atoms with Crippen LogP contribution in [-0.2, 0) is 4.74 Å². The van der Waals surface area contributed by atoms with Crippen molar-refractivity contribution in [1.82, 2.24) is 0 Å². The Hall–Kier alpha value is -2.58. The van der Waals surface area contributed by atoms with E-state index in [1.54, 1.807) is 18.2 Å². The number of ether oxygens (including phenoxy) is 1. The molecule has 1 N–H and O–H groups in total. The predicted molar refractivity (Wildman–Crippen MR) is 74.6 cm³/mol. The maximum atomic E-state index is 13.5. The molecule has 128 valence electrons. The van der Waals surface area contributed by atoms with E-state index in [1.165, 1.54) is 19.1 Å². The summed E-state index contributed by atoms with van der Waals surface area (Å²) in [5, 5.41) is 18.7. The van der Waals surface area contributed by atoms with Crippen LogP contribution in [0.3, 0.4) is 0 Å². The Labute approximate surface area is 135 Å². The lowest BCUT2D eigenvalue weighted by atomic mass is 10.1. The van der Waals surface area contributed by atoms with Gasteiger partial charge in [-0.25, -0.2) is 0 Å². The number of benzene rings is 1. The van der Waals surface area contributed by atoms with Crippen LogP contribution in [0.25, 0.3) is 0 Å². The van der Waals surface area contributed by atoms with Crippen molar-refractivity contribution in [2.75, 3.05) is 6.61 Å². The number of aliphatic hydroxyl groups excluding tert-OH is 1. The van der Waals surface area contributed by atoms with Crippen LogP contribution in [0, 0.1) is 23.2 Å². The number of nitriles is 1. The zero-order valence-electron chi connectivity index (χ0n) is 12.4. The second kappa shape index (κ2) is 7.80. The van der Waals surface area contributed by atoms with E-state index in [0.29, 0.717) is 5.56 Å². The highest BCUT2D eigenvalue weighted by molar-refractivity contribution is 5.42. The van der Waals surface area contributed by atoms with Gasteiger partial charge in [0, 0.05) is 5.56 Å². The van der Waals surface area contributed by atoms with E-state index in [-0.39, 0.29) is 0 Å². The van der Waals surface area contributed by atoms with Crippen molar-refractivity contribution in [2.45, 2.75) is 25.1 Å². The molecule has 1 unspecified atom stereocenters. The normalized spacial score (nSPS) is 13.9. The van der Waals surface area contributed by atoms with Crippen LogP contribution in [0.1, 0.15) is 12.5 Å². The number of aliphatic hydroxyl groups is 1. The van der Waals surface area contributed by atoms with Gasteiger partial charge in [0.25, 0.3) is 0 Å². The van der Waals surface area contributed by atoms with E-state index in [9.17, 15) is 27.1 Å². The van der Waals surface area contributed by atoms with Crippen LogP contribution in [0.15, 0.2) is 41.7 Å². The topological polar surface area (TPSA) is 53.2 Å². The zero-order valence-corrected chi connectivity index (χ0v) is 12.4. The average molecular weight is 345 g/mol. The average Bonchev–Trinajstić information content (AvgIpc) is 2.52. The third kappa shape index (κ3) is 4.46. The third-order valence-electron chi connectivity index (χ3n) is 2.70. The van der Waals surface area contributed by atoms with Crippen molar-refractivity contribution in [1.29, 1.82) is 5.26 Å². The molecule has 3 nitrogen and oxygen atoms in total. The quantitative estimate of drug-likeness (QED) is 0.394. The smallest absolute Gasteiger partial charge is 0.461 e. The van der Waals surface area contributed by atoms with Crippen molar-refractivity contribution < 1.29 is 31.8 Å². The van der Waals surface area contributed by atoms with E-state index in [0.717, 1.165) is 6.07 Å². The molecule has 1 aromatic rings. The number of hydrogen-bond donors (Lipinski definition) is 1. The van der Waals surface area contributed by atoms with Crippen molar-refractivity contribution in [2.24, 2.45) is 0 Å². The number of hydrogen-bond acceptors (Lipinski definition) is 3. The van der Waals surface area contributed by atoms with E-state index in [2.05, 4.69) is 16.6 Å². The number of allylic oxidation sites excluding steroid dienone is 1. The molecule has 1 atom stereocenters. The van der Waals surface area contributed by atoms with Crippen LogP contribution in [0.5, 0.6) is 0 Å². The fourth-order valence-electron chi connectivity index (χ4n) is 1.59. The molecule has 1 aromatic carbocycles. The predicted octanol–water partition coefficient (Wildman–Crippen LogP) is 3.41. The summed E-state index contributed by atoms with van der Waals surface area (Å²) < 4.78 is 68.9. The molecule has 0 aliphatic carbocycles. The van der Waals surface area contributed by atoms with Crippen molar-refractivity contribution in [3.8, 4) is 17.9 Å². The van der Waals surface area contributed by atoms with Crippen LogP contribution in [-0.4, -0.2) is 29.9 Å². The Balaban J connectivity index is 3.33. The highest BCUT2D eigenvalue weighted by Gasteiger charge is 2.62. The Morgan fingerprint density at radius 1 is 1.21 bits per heavy atom. The van der Waals surface area contributed by atoms with Gasteiger partial charge in [-0.3, -0.25) is 0 Å². The zero-order chi connectivity index (χ0) is 18.4. The third-order valence-corrected chi connectivity index (χ3v) is 2.70.